The maximum absolute atomic E-state index is 11.9. The van der Waals surface area contributed by atoms with Crippen molar-refractivity contribution in [1.82, 2.24) is 14.9 Å². The number of ether oxygens (including phenoxy) is 1. The Morgan fingerprint density at radius 3 is 2.69 bits per heavy atom. The molecule has 1 N–H and O–H groups in total. The predicted octanol–water partition coefficient (Wildman–Crippen LogP) is 5.24. The van der Waals surface area contributed by atoms with Gasteiger partial charge in [-0.1, -0.05) is 30.0 Å². The minimum absolute atomic E-state index is 0.248. The molecule has 1 fully saturated rings. The molecule has 164 valence electrons. The molecule has 0 aliphatic carbocycles. The maximum Gasteiger partial charge on any atom is 0.338 e. The Morgan fingerprint density at radius 1 is 1.12 bits per heavy atom. The van der Waals surface area contributed by atoms with Gasteiger partial charge in [-0.15, -0.1) is 0 Å². The Kier molecular flexibility index (Phi) is 6.10. The van der Waals surface area contributed by atoms with Gasteiger partial charge in [-0.25, -0.2) is 14.8 Å². The van der Waals surface area contributed by atoms with Gasteiger partial charge in [0.1, 0.15) is 5.03 Å². The standard InChI is InChI=1S/C25H26N4O2S/c1-2-31-25(30)20-6-4-18(5-7-20)19-9-13-29(14-10-19)16-17-3-8-22-21(15-17)28-23-24(32-22)27-12-11-26-23/h3-8,11-12,15,19H,2,9-10,13-14,16H2,1H3,(H,26,28). The summed E-state index contributed by atoms with van der Waals surface area (Å²) in [6, 6.07) is 14.6. The third-order valence-electron chi connectivity index (χ3n) is 6.06. The highest BCUT2D eigenvalue weighted by Gasteiger charge is 2.22. The molecule has 0 saturated carbocycles. The number of fused-ring (bicyclic) bond motifs is 2. The average Bonchev–Trinajstić information content (AvgIpc) is 2.83. The van der Waals surface area contributed by atoms with Crippen molar-refractivity contribution in [1.29, 1.82) is 0 Å². The van der Waals surface area contributed by atoms with Gasteiger partial charge in [0.05, 0.1) is 17.9 Å². The summed E-state index contributed by atoms with van der Waals surface area (Å²) >= 11 is 1.66. The van der Waals surface area contributed by atoms with Gasteiger partial charge in [0.2, 0.25) is 0 Å². The van der Waals surface area contributed by atoms with Crippen LogP contribution in [0.3, 0.4) is 0 Å². The molecule has 6 nitrogen and oxygen atoms in total. The number of anilines is 2. The highest BCUT2D eigenvalue weighted by Crippen LogP contribution is 2.42. The lowest BCUT2D eigenvalue weighted by Crippen LogP contribution is -2.32. The molecule has 0 amide bonds. The summed E-state index contributed by atoms with van der Waals surface area (Å²) in [6.45, 7) is 5.31. The number of carbonyl (C=O) groups is 1. The monoisotopic (exact) mass is 446 g/mol. The molecular formula is C25H26N4O2S. The van der Waals surface area contributed by atoms with E-state index in [4.69, 9.17) is 4.74 Å². The van der Waals surface area contributed by atoms with Crippen LogP contribution in [0, 0.1) is 0 Å². The number of hydrogen-bond acceptors (Lipinski definition) is 7. The van der Waals surface area contributed by atoms with Crippen molar-refractivity contribution in [2.24, 2.45) is 0 Å². The number of nitrogens with one attached hydrogen (secondary N) is 1. The third-order valence-corrected chi connectivity index (χ3v) is 7.12. The molecule has 0 radical (unpaired) electrons. The predicted molar refractivity (Wildman–Crippen MR) is 126 cm³/mol. The van der Waals surface area contributed by atoms with Gasteiger partial charge in [-0.3, -0.25) is 4.90 Å². The fraction of sp³-hybridized carbons (Fsp3) is 0.320. The van der Waals surface area contributed by atoms with E-state index in [0.717, 1.165) is 49.0 Å². The molecule has 2 aliphatic heterocycles. The molecule has 0 spiro atoms. The first-order valence-corrected chi connectivity index (χ1v) is 11.9. The van der Waals surface area contributed by atoms with Gasteiger partial charge in [-0.05, 0) is 74.2 Å². The fourth-order valence-corrected chi connectivity index (χ4v) is 5.25. The summed E-state index contributed by atoms with van der Waals surface area (Å²) in [4.78, 5) is 24.4. The Hall–Kier alpha value is -2.90. The number of rotatable bonds is 5. The van der Waals surface area contributed by atoms with E-state index < -0.39 is 0 Å². The molecule has 2 aromatic carbocycles. The lowest BCUT2D eigenvalue weighted by Gasteiger charge is -2.32. The van der Waals surface area contributed by atoms with Crippen molar-refractivity contribution in [3.63, 3.8) is 0 Å². The fourth-order valence-electron chi connectivity index (χ4n) is 4.37. The smallest absolute Gasteiger partial charge is 0.338 e. The van der Waals surface area contributed by atoms with Crippen molar-refractivity contribution in [2.45, 2.75) is 42.1 Å². The van der Waals surface area contributed by atoms with Crippen LogP contribution in [0.5, 0.6) is 0 Å². The van der Waals surface area contributed by atoms with Crippen LogP contribution in [0.15, 0.2) is 64.8 Å². The number of aromatic nitrogens is 2. The van der Waals surface area contributed by atoms with E-state index in [0.29, 0.717) is 18.1 Å². The molecule has 0 unspecified atom stereocenters. The van der Waals surface area contributed by atoms with Gasteiger partial charge >= 0.3 is 5.97 Å². The number of nitrogens with zero attached hydrogens (tertiary/aromatic N) is 3. The summed E-state index contributed by atoms with van der Waals surface area (Å²) in [5, 5.41) is 4.34. The van der Waals surface area contributed by atoms with Gasteiger partial charge in [0, 0.05) is 23.8 Å². The normalized spacial score (nSPS) is 16.0. The molecular weight excluding hydrogens is 420 g/mol. The van der Waals surface area contributed by atoms with Crippen LogP contribution < -0.4 is 5.32 Å². The van der Waals surface area contributed by atoms with E-state index in [-0.39, 0.29) is 5.97 Å². The minimum Gasteiger partial charge on any atom is -0.462 e. The summed E-state index contributed by atoms with van der Waals surface area (Å²) in [5.41, 5.74) is 4.35. The van der Waals surface area contributed by atoms with E-state index >= 15 is 0 Å². The lowest BCUT2D eigenvalue weighted by atomic mass is 9.89. The quantitative estimate of drug-likeness (QED) is 0.420. The molecule has 32 heavy (non-hydrogen) atoms. The zero-order valence-electron chi connectivity index (χ0n) is 18.1. The molecule has 2 aliphatic rings. The molecule has 1 aromatic heterocycles. The van der Waals surface area contributed by atoms with Crippen LogP contribution in [0.1, 0.15) is 47.2 Å². The van der Waals surface area contributed by atoms with Gasteiger partial charge in [0.25, 0.3) is 0 Å². The van der Waals surface area contributed by atoms with Crippen LogP contribution in [0.2, 0.25) is 0 Å². The maximum atomic E-state index is 11.9. The molecule has 1 saturated heterocycles. The van der Waals surface area contributed by atoms with E-state index in [1.165, 1.54) is 16.0 Å². The van der Waals surface area contributed by atoms with E-state index in [1.807, 2.05) is 19.1 Å². The first-order chi connectivity index (χ1) is 15.7. The van der Waals surface area contributed by atoms with Crippen LogP contribution in [-0.2, 0) is 11.3 Å². The molecule has 3 heterocycles. The van der Waals surface area contributed by atoms with Crippen LogP contribution in [-0.4, -0.2) is 40.5 Å². The van der Waals surface area contributed by atoms with E-state index in [1.54, 1.807) is 24.2 Å². The third kappa shape index (κ3) is 4.49. The number of esters is 1. The highest BCUT2D eigenvalue weighted by atomic mass is 32.2. The van der Waals surface area contributed by atoms with Crippen LogP contribution >= 0.6 is 11.8 Å². The molecule has 0 atom stereocenters. The second kappa shape index (κ2) is 9.30. The number of benzene rings is 2. The summed E-state index contributed by atoms with van der Waals surface area (Å²) in [6.07, 6.45) is 5.70. The largest absolute Gasteiger partial charge is 0.462 e. The van der Waals surface area contributed by atoms with Crippen LogP contribution in [0.4, 0.5) is 11.5 Å². The second-order valence-electron chi connectivity index (χ2n) is 8.16. The van der Waals surface area contributed by atoms with E-state index in [2.05, 4.69) is 50.5 Å². The molecule has 0 bridgehead atoms. The first-order valence-electron chi connectivity index (χ1n) is 11.1. The van der Waals surface area contributed by atoms with Crippen molar-refractivity contribution < 1.29 is 9.53 Å². The van der Waals surface area contributed by atoms with Gasteiger partial charge < -0.3 is 10.1 Å². The zero-order valence-corrected chi connectivity index (χ0v) is 18.9. The number of carbonyl (C=O) groups excluding carboxylic acids is 1. The number of piperidine rings is 1. The van der Waals surface area contributed by atoms with Crippen molar-refractivity contribution in [2.75, 3.05) is 25.0 Å². The number of likely N-dealkylation sites (tertiary alicyclic amines) is 1. The summed E-state index contributed by atoms with van der Waals surface area (Å²) < 4.78 is 5.08. The Balaban J connectivity index is 1.18. The molecule has 7 heteroatoms. The van der Waals surface area contributed by atoms with E-state index in [9.17, 15) is 4.79 Å². The average molecular weight is 447 g/mol. The Labute approximate surface area is 192 Å². The SMILES string of the molecule is CCOC(=O)c1ccc(C2CCN(Cc3ccc4c(c3)Nc3nccnc3S4)CC2)cc1. The van der Waals surface area contributed by atoms with Crippen molar-refractivity contribution >= 4 is 29.2 Å². The highest BCUT2D eigenvalue weighted by molar-refractivity contribution is 7.99. The van der Waals surface area contributed by atoms with Crippen molar-refractivity contribution in [3.8, 4) is 0 Å². The van der Waals surface area contributed by atoms with Gasteiger partial charge in [-0.2, -0.15) is 0 Å². The number of hydrogen-bond donors (Lipinski definition) is 1. The molecule has 3 aromatic rings. The topological polar surface area (TPSA) is 67.3 Å². The second-order valence-corrected chi connectivity index (χ2v) is 9.19. The van der Waals surface area contributed by atoms with Crippen molar-refractivity contribution in [3.05, 3.63) is 71.5 Å². The van der Waals surface area contributed by atoms with Gasteiger partial charge in [0.15, 0.2) is 5.82 Å². The minimum atomic E-state index is -0.248. The molecule has 5 rings (SSSR count). The summed E-state index contributed by atoms with van der Waals surface area (Å²) in [5.74, 6) is 1.12. The zero-order chi connectivity index (χ0) is 21.9. The Morgan fingerprint density at radius 2 is 1.91 bits per heavy atom. The lowest BCUT2D eigenvalue weighted by molar-refractivity contribution is 0.0526. The van der Waals surface area contributed by atoms with Crippen LogP contribution in [0.25, 0.3) is 0 Å². The summed E-state index contributed by atoms with van der Waals surface area (Å²) in [7, 11) is 0. The Bertz CT molecular complexity index is 1110. The first kappa shape index (κ1) is 21.0.